The third kappa shape index (κ3) is 3.40. The van der Waals surface area contributed by atoms with Crippen molar-refractivity contribution < 1.29 is 5.11 Å². The maximum absolute atomic E-state index is 10.2. The SMILES string of the molecule is OC(CN1CCc2ccccc2C1)Cn1cnc(Cl)c1Cl. The van der Waals surface area contributed by atoms with Crippen LogP contribution in [0.5, 0.6) is 0 Å². The van der Waals surface area contributed by atoms with E-state index < -0.39 is 6.10 Å². The summed E-state index contributed by atoms with van der Waals surface area (Å²) in [6.45, 7) is 2.86. The van der Waals surface area contributed by atoms with Crippen molar-refractivity contribution in [1.82, 2.24) is 14.5 Å². The van der Waals surface area contributed by atoms with Crippen molar-refractivity contribution in [2.24, 2.45) is 0 Å². The predicted molar refractivity (Wildman–Crippen MR) is 83.7 cm³/mol. The number of rotatable bonds is 4. The molecule has 1 unspecified atom stereocenters. The van der Waals surface area contributed by atoms with Crippen molar-refractivity contribution in [3.8, 4) is 0 Å². The quantitative estimate of drug-likeness (QED) is 0.939. The molecule has 0 amide bonds. The zero-order valence-electron chi connectivity index (χ0n) is 11.5. The van der Waals surface area contributed by atoms with E-state index in [2.05, 4.69) is 34.1 Å². The number of benzene rings is 1. The number of hydrogen-bond donors (Lipinski definition) is 1. The number of imidazole rings is 1. The molecule has 0 radical (unpaired) electrons. The minimum Gasteiger partial charge on any atom is -0.390 e. The molecule has 6 heteroatoms. The first-order chi connectivity index (χ1) is 10.1. The molecule has 4 nitrogen and oxygen atoms in total. The van der Waals surface area contributed by atoms with Gasteiger partial charge in [0.1, 0.15) is 5.15 Å². The Kier molecular flexibility index (Phi) is 4.50. The van der Waals surface area contributed by atoms with Gasteiger partial charge in [0.15, 0.2) is 5.15 Å². The second-order valence-corrected chi connectivity index (χ2v) is 6.10. The number of aromatic nitrogens is 2. The van der Waals surface area contributed by atoms with Gasteiger partial charge in [-0.1, -0.05) is 47.5 Å². The second-order valence-electron chi connectivity index (χ2n) is 5.39. The predicted octanol–water partition coefficient (Wildman–Crippen LogP) is 2.61. The largest absolute Gasteiger partial charge is 0.390 e. The molecule has 0 bridgehead atoms. The molecule has 2 heterocycles. The standard InChI is InChI=1S/C15H17Cl2N3O/c16-14-15(17)20(10-18-14)9-13(21)8-19-6-5-11-3-1-2-4-12(11)7-19/h1-4,10,13,21H,5-9H2. The number of aliphatic hydroxyl groups excluding tert-OH is 1. The van der Waals surface area contributed by atoms with Crippen LogP contribution in [0.3, 0.4) is 0 Å². The molecule has 1 atom stereocenters. The molecule has 0 saturated carbocycles. The normalized spacial score (nSPS) is 16.7. The van der Waals surface area contributed by atoms with Gasteiger partial charge in [-0.2, -0.15) is 0 Å². The van der Waals surface area contributed by atoms with Gasteiger partial charge in [-0.05, 0) is 17.5 Å². The van der Waals surface area contributed by atoms with E-state index in [0.717, 1.165) is 19.5 Å². The van der Waals surface area contributed by atoms with Crippen molar-refractivity contribution in [3.05, 3.63) is 52.0 Å². The van der Waals surface area contributed by atoms with E-state index in [1.807, 2.05) is 0 Å². The maximum atomic E-state index is 10.2. The smallest absolute Gasteiger partial charge is 0.166 e. The molecule has 1 aliphatic heterocycles. The van der Waals surface area contributed by atoms with E-state index in [1.54, 1.807) is 10.9 Å². The number of nitrogens with zero attached hydrogens (tertiary/aromatic N) is 3. The van der Waals surface area contributed by atoms with Gasteiger partial charge in [0.05, 0.1) is 19.0 Å². The summed E-state index contributed by atoms with van der Waals surface area (Å²) in [5, 5.41) is 10.9. The molecular formula is C15H17Cl2N3O. The molecule has 112 valence electrons. The molecule has 0 spiro atoms. The monoisotopic (exact) mass is 325 g/mol. The maximum Gasteiger partial charge on any atom is 0.166 e. The fourth-order valence-electron chi connectivity index (χ4n) is 2.76. The van der Waals surface area contributed by atoms with Crippen LogP contribution in [0.25, 0.3) is 0 Å². The molecule has 2 aromatic rings. The van der Waals surface area contributed by atoms with Crippen LogP contribution in [0, 0.1) is 0 Å². The number of β-amino-alcohol motifs (C(OH)–C–C–N with tert-alkyl or cyclic N) is 1. The van der Waals surface area contributed by atoms with Crippen molar-refractivity contribution >= 4 is 23.2 Å². The van der Waals surface area contributed by atoms with Crippen LogP contribution in [0.1, 0.15) is 11.1 Å². The summed E-state index contributed by atoms with van der Waals surface area (Å²) < 4.78 is 1.67. The fraction of sp³-hybridized carbons (Fsp3) is 0.400. The Morgan fingerprint density at radius 1 is 1.19 bits per heavy atom. The zero-order chi connectivity index (χ0) is 14.8. The van der Waals surface area contributed by atoms with Crippen molar-refractivity contribution in [3.63, 3.8) is 0 Å². The first kappa shape index (κ1) is 14.9. The Balaban J connectivity index is 1.59. The summed E-state index contributed by atoms with van der Waals surface area (Å²) in [5.74, 6) is 0. The van der Waals surface area contributed by atoms with Gasteiger partial charge in [0.25, 0.3) is 0 Å². The van der Waals surface area contributed by atoms with Gasteiger partial charge in [0, 0.05) is 19.6 Å². The highest BCUT2D eigenvalue weighted by atomic mass is 35.5. The molecule has 3 rings (SSSR count). The average Bonchev–Trinajstić information content (AvgIpc) is 2.79. The molecule has 1 aromatic carbocycles. The van der Waals surface area contributed by atoms with Gasteiger partial charge >= 0.3 is 0 Å². The van der Waals surface area contributed by atoms with E-state index >= 15 is 0 Å². The molecule has 21 heavy (non-hydrogen) atoms. The minimum absolute atomic E-state index is 0.274. The first-order valence-corrected chi connectivity index (χ1v) is 7.72. The number of halogens is 2. The lowest BCUT2D eigenvalue weighted by Gasteiger charge is -2.30. The van der Waals surface area contributed by atoms with Gasteiger partial charge < -0.3 is 9.67 Å². The van der Waals surface area contributed by atoms with Crippen molar-refractivity contribution in [2.75, 3.05) is 13.1 Å². The summed E-state index contributed by atoms with van der Waals surface area (Å²) in [6, 6.07) is 8.47. The summed E-state index contributed by atoms with van der Waals surface area (Å²) in [4.78, 5) is 6.18. The lowest BCUT2D eigenvalue weighted by Crippen LogP contribution is -2.38. The Hall–Kier alpha value is -1.07. The molecule has 0 aliphatic carbocycles. The summed E-state index contributed by atoms with van der Waals surface area (Å²) in [7, 11) is 0. The summed E-state index contributed by atoms with van der Waals surface area (Å²) in [6.07, 6.45) is 2.08. The molecule has 1 N–H and O–H groups in total. The van der Waals surface area contributed by atoms with E-state index in [-0.39, 0.29) is 5.15 Å². The minimum atomic E-state index is -0.502. The Labute approximate surface area is 133 Å². The zero-order valence-corrected chi connectivity index (χ0v) is 13.1. The van der Waals surface area contributed by atoms with Crippen molar-refractivity contribution in [1.29, 1.82) is 0 Å². The van der Waals surface area contributed by atoms with Crippen LogP contribution in [-0.2, 0) is 19.5 Å². The topological polar surface area (TPSA) is 41.3 Å². The molecular weight excluding hydrogens is 309 g/mol. The summed E-state index contributed by atoms with van der Waals surface area (Å²) >= 11 is 11.8. The number of aliphatic hydroxyl groups is 1. The van der Waals surface area contributed by atoms with Crippen LogP contribution in [0.2, 0.25) is 10.3 Å². The van der Waals surface area contributed by atoms with Gasteiger partial charge in [0.2, 0.25) is 0 Å². The highest BCUT2D eigenvalue weighted by Crippen LogP contribution is 2.21. The Morgan fingerprint density at radius 2 is 1.95 bits per heavy atom. The van der Waals surface area contributed by atoms with Crippen LogP contribution in [0.4, 0.5) is 0 Å². The third-order valence-corrected chi connectivity index (χ3v) is 4.59. The van der Waals surface area contributed by atoms with E-state index in [4.69, 9.17) is 23.2 Å². The average molecular weight is 326 g/mol. The summed E-state index contributed by atoms with van der Waals surface area (Å²) in [5.41, 5.74) is 2.76. The highest BCUT2D eigenvalue weighted by molar-refractivity contribution is 6.40. The Morgan fingerprint density at radius 3 is 2.67 bits per heavy atom. The van der Waals surface area contributed by atoms with E-state index in [1.165, 1.54) is 11.1 Å². The van der Waals surface area contributed by atoms with Crippen LogP contribution < -0.4 is 0 Å². The Bertz CT molecular complexity index is 629. The van der Waals surface area contributed by atoms with E-state index in [9.17, 15) is 5.11 Å². The number of fused-ring (bicyclic) bond motifs is 1. The molecule has 1 aromatic heterocycles. The molecule has 0 fully saturated rings. The highest BCUT2D eigenvalue weighted by Gasteiger charge is 2.19. The van der Waals surface area contributed by atoms with Gasteiger partial charge in [-0.25, -0.2) is 4.98 Å². The number of hydrogen-bond acceptors (Lipinski definition) is 3. The lowest BCUT2D eigenvalue weighted by atomic mass is 10.00. The molecule has 0 saturated heterocycles. The molecule has 1 aliphatic rings. The fourth-order valence-corrected chi connectivity index (χ4v) is 3.08. The van der Waals surface area contributed by atoms with Crippen LogP contribution in [-0.4, -0.2) is 38.8 Å². The third-order valence-electron chi connectivity index (χ3n) is 3.82. The van der Waals surface area contributed by atoms with Gasteiger partial charge in [-0.15, -0.1) is 0 Å². The first-order valence-electron chi connectivity index (χ1n) is 6.97. The van der Waals surface area contributed by atoms with Crippen LogP contribution in [0.15, 0.2) is 30.6 Å². The second kappa shape index (κ2) is 6.36. The lowest BCUT2D eigenvalue weighted by molar-refractivity contribution is 0.0918. The van der Waals surface area contributed by atoms with E-state index in [0.29, 0.717) is 18.2 Å². The van der Waals surface area contributed by atoms with Crippen molar-refractivity contribution in [2.45, 2.75) is 25.6 Å². The van der Waals surface area contributed by atoms with Crippen LogP contribution >= 0.6 is 23.2 Å². The van der Waals surface area contributed by atoms with Gasteiger partial charge in [-0.3, -0.25) is 4.90 Å².